The van der Waals surface area contributed by atoms with E-state index in [1.165, 1.54) is 152 Å². The number of carboxylic acids is 1. The van der Waals surface area contributed by atoms with Crippen molar-refractivity contribution < 1.29 is 9.90 Å². The summed E-state index contributed by atoms with van der Waals surface area (Å²) in [7, 11) is 0. The highest BCUT2D eigenvalue weighted by Gasteiger charge is 2.06. The van der Waals surface area contributed by atoms with Gasteiger partial charge in [-0.1, -0.05) is 148 Å². The first-order valence-corrected chi connectivity index (χ1v) is 17.0. The molecule has 0 bridgehead atoms. The van der Waals surface area contributed by atoms with Crippen LogP contribution in [0.3, 0.4) is 0 Å². The van der Waals surface area contributed by atoms with Crippen molar-refractivity contribution in [2.45, 2.75) is 155 Å². The van der Waals surface area contributed by atoms with Gasteiger partial charge in [0.25, 0.3) is 0 Å². The van der Waals surface area contributed by atoms with E-state index < -0.39 is 5.97 Å². The number of carbonyl (C=O) groups is 1. The third-order valence-electron chi connectivity index (χ3n) is 8.17. The van der Waals surface area contributed by atoms with E-state index in [0.717, 1.165) is 18.5 Å². The van der Waals surface area contributed by atoms with Crippen LogP contribution in [0.25, 0.3) is 0 Å². The monoisotopic (exact) mass is 561 g/mol. The van der Waals surface area contributed by atoms with E-state index in [0.29, 0.717) is 5.69 Å². The van der Waals surface area contributed by atoms with E-state index in [1.54, 1.807) is 12.1 Å². The lowest BCUT2D eigenvalue weighted by Gasteiger charge is -2.11. The molecule has 41 heavy (non-hydrogen) atoms. The molecular weight excluding hydrogens is 504 g/mol. The van der Waals surface area contributed by atoms with Crippen LogP contribution in [0.5, 0.6) is 0 Å². The molecule has 4 heteroatoms. The number of carbonyl (C=O) groups excluding carboxylic acids is 1. The molecule has 0 aromatic heterocycles. The predicted molar refractivity (Wildman–Crippen MR) is 172 cm³/mol. The van der Waals surface area contributed by atoms with E-state index in [4.69, 9.17) is 0 Å². The molecule has 0 saturated carbocycles. The van der Waals surface area contributed by atoms with Gasteiger partial charge in [0.15, 0.2) is 0 Å². The number of nitrogens with zero attached hydrogens (tertiary/aromatic N) is 2. The number of rotatable bonds is 25. The minimum Gasteiger partial charge on any atom is -0.545 e. The molecule has 0 heterocycles. The summed E-state index contributed by atoms with van der Waals surface area (Å²) in [6.07, 6.45) is 29.4. The molecule has 0 atom stereocenters. The maximum absolute atomic E-state index is 11.0. The molecule has 0 aliphatic carbocycles. The third kappa shape index (κ3) is 16.5. The minimum atomic E-state index is -1.18. The van der Waals surface area contributed by atoms with Crippen LogP contribution in [0.1, 0.15) is 164 Å². The van der Waals surface area contributed by atoms with Crippen molar-refractivity contribution in [3.05, 3.63) is 59.2 Å². The molecule has 2 aromatic carbocycles. The van der Waals surface area contributed by atoms with Crippen molar-refractivity contribution in [3.8, 4) is 0 Å². The summed E-state index contributed by atoms with van der Waals surface area (Å²) < 4.78 is 0. The molecule has 0 unspecified atom stereocenters. The van der Waals surface area contributed by atoms with Gasteiger partial charge in [0.2, 0.25) is 0 Å². The van der Waals surface area contributed by atoms with Crippen molar-refractivity contribution in [2.24, 2.45) is 10.2 Å². The quantitative estimate of drug-likeness (QED) is 0.0893. The van der Waals surface area contributed by atoms with E-state index >= 15 is 0 Å². The zero-order valence-corrected chi connectivity index (χ0v) is 26.3. The molecule has 0 N–H and O–H groups in total. The van der Waals surface area contributed by atoms with E-state index in [-0.39, 0.29) is 5.56 Å². The number of carboxylic acid groups (broad SMARTS) is 1. The molecular formula is C37H57N2O2-. The van der Waals surface area contributed by atoms with Crippen LogP contribution in [0.2, 0.25) is 0 Å². The predicted octanol–water partition coefficient (Wildman–Crippen LogP) is 11.4. The highest BCUT2D eigenvalue weighted by atomic mass is 16.4. The third-order valence-corrected chi connectivity index (χ3v) is 8.17. The van der Waals surface area contributed by atoms with E-state index in [1.807, 2.05) is 0 Å². The molecule has 0 aliphatic rings. The Bertz CT molecular complexity index is 967. The summed E-state index contributed by atoms with van der Waals surface area (Å²) in [5.41, 5.74) is 4.55. The van der Waals surface area contributed by atoms with Gasteiger partial charge in [-0.05, 0) is 66.6 Å². The van der Waals surface area contributed by atoms with Gasteiger partial charge in [-0.25, -0.2) is 0 Å². The normalized spacial score (nSPS) is 11.5. The van der Waals surface area contributed by atoms with Gasteiger partial charge < -0.3 is 9.90 Å². The highest BCUT2D eigenvalue weighted by Crippen LogP contribution is 2.25. The summed E-state index contributed by atoms with van der Waals surface area (Å²) in [4.78, 5) is 11.0. The van der Waals surface area contributed by atoms with Crippen molar-refractivity contribution in [1.29, 1.82) is 0 Å². The van der Waals surface area contributed by atoms with Crippen molar-refractivity contribution in [3.63, 3.8) is 0 Å². The maximum Gasteiger partial charge on any atom is 0.0860 e. The summed E-state index contributed by atoms with van der Waals surface area (Å²) in [6, 6.07) is 12.9. The topological polar surface area (TPSA) is 64.8 Å². The Morgan fingerprint density at radius 2 is 0.902 bits per heavy atom. The van der Waals surface area contributed by atoms with Crippen molar-refractivity contribution >= 4 is 17.3 Å². The van der Waals surface area contributed by atoms with Crippen LogP contribution in [0.4, 0.5) is 11.4 Å². The van der Waals surface area contributed by atoms with Crippen LogP contribution in [-0.2, 0) is 12.8 Å². The molecule has 0 amide bonds. The SMILES string of the molecule is CCCCCCCCCCCCc1ccc(N=Nc2ccc(C(=O)[O-])cc2)cc1CCCCCCCCCCCC. The lowest BCUT2D eigenvalue weighted by Crippen LogP contribution is -2.21. The van der Waals surface area contributed by atoms with Gasteiger partial charge in [0.1, 0.15) is 0 Å². The van der Waals surface area contributed by atoms with E-state index in [9.17, 15) is 9.90 Å². The van der Waals surface area contributed by atoms with Crippen molar-refractivity contribution in [2.75, 3.05) is 0 Å². The second-order valence-electron chi connectivity index (χ2n) is 11.9. The minimum absolute atomic E-state index is 0.152. The van der Waals surface area contributed by atoms with Crippen LogP contribution in [-0.4, -0.2) is 5.97 Å². The summed E-state index contributed by atoms with van der Waals surface area (Å²) in [5, 5.41) is 19.8. The number of azo groups is 1. The molecule has 2 aromatic rings. The molecule has 4 nitrogen and oxygen atoms in total. The average molecular weight is 562 g/mol. The zero-order valence-electron chi connectivity index (χ0n) is 26.3. The Balaban J connectivity index is 1.84. The standard InChI is InChI=1S/C37H58N2O2/c1-3-5-7-9-11-13-15-17-19-21-23-32-25-30-36(39-38-35-28-26-33(27-29-35)37(40)41)31-34(32)24-22-20-18-16-14-12-10-8-6-4-2/h25-31H,3-24H2,1-2H3,(H,40,41)/p-1. The van der Waals surface area contributed by atoms with Crippen molar-refractivity contribution in [1.82, 2.24) is 0 Å². The fourth-order valence-corrected chi connectivity index (χ4v) is 5.54. The average Bonchev–Trinajstić information content (AvgIpc) is 2.99. The first-order valence-electron chi connectivity index (χ1n) is 17.0. The summed E-state index contributed by atoms with van der Waals surface area (Å²) in [5.74, 6) is -1.18. The van der Waals surface area contributed by atoms with Gasteiger partial charge in [0, 0.05) is 0 Å². The van der Waals surface area contributed by atoms with Gasteiger partial charge in [-0.3, -0.25) is 0 Å². The second kappa shape index (κ2) is 23.1. The lowest BCUT2D eigenvalue weighted by molar-refractivity contribution is -0.255. The fraction of sp³-hybridized carbons (Fsp3) is 0.649. The zero-order chi connectivity index (χ0) is 29.4. The maximum atomic E-state index is 11.0. The fourth-order valence-electron chi connectivity index (χ4n) is 5.54. The Kier molecular flexibility index (Phi) is 19.6. The van der Waals surface area contributed by atoms with Gasteiger partial charge in [0.05, 0.1) is 17.3 Å². The molecule has 228 valence electrons. The van der Waals surface area contributed by atoms with Crippen LogP contribution in [0, 0.1) is 0 Å². The molecule has 0 spiro atoms. The van der Waals surface area contributed by atoms with Crippen LogP contribution >= 0.6 is 0 Å². The summed E-state index contributed by atoms with van der Waals surface area (Å²) >= 11 is 0. The number of aromatic carboxylic acids is 1. The van der Waals surface area contributed by atoms with Crippen LogP contribution < -0.4 is 5.11 Å². The Morgan fingerprint density at radius 1 is 0.512 bits per heavy atom. The molecule has 0 radical (unpaired) electrons. The Labute approximate surface area is 251 Å². The van der Waals surface area contributed by atoms with Gasteiger partial charge in [-0.2, -0.15) is 10.2 Å². The number of benzene rings is 2. The van der Waals surface area contributed by atoms with Crippen LogP contribution in [0.15, 0.2) is 52.7 Å². The molecule has 2 rings (SSSR count). The lowest BCUT2D eigenvalue weighted by atomic mass is 9.95. The first kappa shape index (κ1) is 34.7. The largest absolute Gasteiger partial charge is 0.545 e. The first-order chi connectivity index (χ1) is 20.1. The van der Waals surface area contributed by atoms with Gasteiger partial charge >= 0.3 is 0 Å². The smallest absolute Gasteiger partial charge is 0.0860 e. The van der Waals surface area contributed by atoms with Gasteiger partial charge in [-0.15, -0.1) is 0 Å². The van der Waals surface area contributed by atoms with E-state index in [2.05, 4.69) is 42.3 Å². The Morgan fingerprint density at radius 3 is 1.37 bits per heavy atom. The molecule has 0 aliphatic heterocycles. The Hall–Kier alpha value is -2.49. The number of hydrogen-bond donors (Lipinski definition) is 0. The number of hydrogen-bond acceptors (Lipinski definition) is 4. The number of unbranched alkanes of at least 4 members (excludes halogenated alkanes) is 18. The molecule has 0 fully saturated rings. The number of aryl methyl sites for hydroxylation is 2. The second-order valence-corrected chi connectivity index (χ2v) is 11.9. The summed E-state index contributed by atoms with van der Waals surface area (Å²) in [6.45, 7) is 4.56. The highest BCUT2D eigenvalue weighted by molar-refractivity contribution is 5.86. The molecule has 0 saturated heterocycles.